The Hall–Kier alpha value is -0.440. The van der Waals surface area contributed by atoms with E-state index in [0.29, 0.717) is 6.42 Å². The highest BCUT2D eigenvalue weighted by atomic mass is 31.1. The molecule has 11 heteroatoms. The van der Waals surface area contributed by atoms with E-state index in [4.69, 9.17) is 14.4 Å². The molecule has 0 aromatic heterocycles. The standard InChI is InChI=1S/C13H21F6N.HO3P/c1-10(2)6-5-9(7-12(14,15)16)11(3,4)20(10)8-13(17,18)19;1-4(2)3/h9H,5-8H2,1-4H3;(H-,1,2,3)/p+1. The van der Waals surface area contributed by atoms with Crippen molar-refractivity contribution in [1.29, 1.82) is 0 Å². The summed E-state index contributed by atoms with van der Waals surface area (Å²) in [5.41, 5.74) is -1.91. The molecule has 0 aliphatic carbocycles. The van der Waals surface area contributed by atoms with Gasteiger partial charge in [-0.3, -0.25) is 4.90 Å². The van der Waals surface area contributed by atoms with E-state index in [0.717, 1.165) is 0 Å². The third kappa shape index (κ3) is 8.09. The minimum atomic E-state index is -4.42. The Morgan fingerprint density at radius 2 is 1.46 bits per heavy atom. The largest absolute Gasteiger partial charge is 0.692 e. The van der Waals surface area contributed by atoms with Crippen molar-refractivity contribution in [3.8, 4) is 0 Å². The zero-order chi connectivity index (χ0) is 19.6. The van der Waals surface area contributed by atoms with E-state index in [1.165, 1.54) is 18.7 Å². The summed E-state index contributed by atoms with van der Waals surface area (Å²) < 4.78 is 84.7. The zero-order valence-electron chi connectivity index (χ0n) is 13.9. The molecular weight excluding hydrogens is 363 g/mol. The SMILES string of the molecule is CC1(C)CCC(CC(F)(F)F)C(C)(C)N1CC(F)(F)F.O=[P+](O)O. The molecule has 0 saturated carbocycles. The minimum Gasteiger partial charge on any atom is -0.284 e. The fourth-order valence-corrected chi connectivity index (χ4v) is 3.24. The monoisotopic (exact) mass is 386 g/mol. The average Bonchev–Trinajstić information content (AvgIpc) is 2.26. The van der Waals surface area contributed by atoms with Crippen LogP contribution in [-0.2, 0) is 4.57 Å². The first-order chi connectivity index (χ1) is 10.4. The van der Waals surface area contributed by atoms with Gasteiger partial charge in [0.15, 0.2) is 0 Å². The van der Waals surface area contributed by atoms with Gasteiger partial charge in [0.1, 0.15) is 0 Å². The molecule has 24 heavy (non-hydrogen) atoms. The lowest BCUT2D eigenvalue weighted by Gasteiger charge is -2.57. The van der Waals surface area contributed by atoms with Crippen LogP contribution < -0.4 is 0 Å². The van der Waals surface area contributed by atoms with Crippen LogP contribution in [0.2, 0.25) is 0 Å². The molecule has 0 radical (unpaired) electrons. The van der Waals surface area contributed by atoms with Crippen LogP contribution in [-0.4, -0.2) is 44.7 Å². The second-order valence-corrected chi connectivity index (χ2v) is 7.48. The van der Waals surface area contributed by atoms with Gasteiger partial charge in [0.25, 0.3) is 0 Å². The van der Waals surface area contributed by atoms with Crippen LogP contribution in [0.5, 0.6) is 0 Å². The number of hydrogen-bond acceptors (Lipinski definition) is 2. The normalized spacial score (nSPS) is 24.1. The molecule has 1 unspecified atom stereocenters. The summed E-state index contributed by atoms with van der Waals surface area (Å²) in [6, 6.07) is 0. The molecule has 1 heterocycles. The third-order valence-electron chi connectivity index (χ3n) is 4.35. The molecule has 1 aliphatic rings. The van der Waals surface area contributed by atoms with E-state index in [1.54, 1.807) is 13.8 Å². The van der Waals surface area contributed by atoms with E-state index in [2.05, 4.69) is 0 Å². The Kier molecular flexibility index (Phi) is 7.70. The molecule has 0 amide bonds. The first-order valence-electron chi connectivity index (χ1n) is 7.15. The van der Waals surface area contributed by atoms with E-state index < -0.39 is 50.6 Å². The van der Waals surface area contributed by atoms with Gasteiger partial charge < -0.3 is 0 Å². The molecule has 0 aromatic carbocycles. The lowest BCUT2D eigenvalue weighted by Crippen LogP contribution is -2.64. The first kappa shape index (κ1) is 23.6. The van der Waals surface area contributed by atoms with Crippen molar-refractivity contribution in [1.82, 2.24) is 4.90 Å². The Morgan fingerprint density at radius 3 is 1.79 bits per heavy atom. The number of rotatable bonds is 2. The van der Waals surface area contributed by atoms with Crippen molar-refractivity contribution in [3.63, 3.8) is 0 Å². The number of nitrogens with zero attached hydrogens (tertiary/aromatic N) is 1. The minimum absolute atomic E-state index is 0.286. The summed E-state index contributed by atoms with van der Waals surface area (Å²) in [6.45, 7) is 5.10. The van der Waals surface area contributed by atoms with Crippen LogP contribution in [0.3, 0.4) is 0 Å². The second kappa shape index (κ2) is 7.85. The summed E-state index contributed by atoms with van der Waals surface area (Å²) in [7, 11) is -2.87. The lowest BCUT2D eigenvalue weighted by molar-refractivity contribution is -0.205. The summed E-state index contributed by atoms with van der Waals surface area (Å²) in [5.74, 6) is -0.821. The van der Waals surface area contributed by atoms with Crippen LogP contribution in [0, 0.1) is 5.92 Å². The van der Waals surface area contributed by atoms with Gasteiger partial charge in [0.2, 0.25) is 0 Å². The molecule has 2 N–H and O–H groups in total. The molecule has 1 saturated heterocycles. The topological polar surface area (TPSA) is 60.8 Å². The number of likely N-dealkylation sites (tertiary alicyclic amines) is 1. The van der Waals surface area contributed by atoms with Crippen molar-refractivity contribution < 1.29 is 40.7 Å². The number of halogens is 6. The highest BCUT2D eigenvalue weighted by molar-refractivity contribution is 7.30. The average molecular weight is 386 g/mol. The number of alkyl halides is 6. The molecular formula is C13H23F6NO3P+. The lowest BCUT2D eigenvalue weighted by atomic mass is 9.71. The van der Waals surface area contributed by atoms with Gasteiger partial charge in [0, 0.05) is 22.1 Å². The van der Waals surface area contributed by atoms with Crippen LogP contribution in [0.1, 0.15) is 47.0 Å². The van der Waals surface area contributed by atoms with E-state index in [9.17, 15) is 26.3 Å². The highest BCUT2D eigenvalue weighted by Crippen LogP contribution is 2.47. The maximum Gasteiger partial charge on any atom is 0.692 e. The quantitative estimate of drug-likeness (QED) is 0.546. The molecule has 0 spiro atoms. The van der Waals surface area contributed by atoms with Crippen molar-refractivity contribution in [2.45, 2.75) is 70.4 Å². The molecule has 1 fully saturated rings. The molecule has 0 aromatic rings. The van der Waals surface area contributed by atoms with E-state index in [1.807, 2.05) is 0 Å². The molecule has 0 bridgehead atoms. The predicted molar refractivity (Wildman–Crippen MR) is 76.4 cm³/mol. The van der Waals surface area contributed by atoms with Gasteiger partial charge in [-0.1, -0.05) is 0 Å². The Balaban J connectivity index is 0.00000118. The fraction of sp³-hybridized carbons (Fsp3) is 1.00. The fourth-order valence-electron chi connectivity index (χ4n) is 3.24. The Bertz CT molecular complexity index is 432. The maximum absolute atomic E-state index is 12.7. The zero-order valence-corrected chi connectivity index (χ0v) is 14.8. The predicted octanol–water partition coefficient (Wildman–Crippen LogP) is 4.40. The van der Waals surface area contributed by atoms with Gasteiger partial charge >= 0.3 is 20.6 Å². The molecule has 1 rings (SSSR count). The van der Waals surface area contributed by atoms with Gasteiger partial charge in [0.05, 0.1) is 6.54 Å². The van der Waals surface area contributed by atoms with Gasteiger partial charge in [-0.2, -0.15) is 26.3 Å². The number of hydrogen-bond donors (Lipinski definition) is 2. The Labute approximate surface area is 137 Å². The smallest absolute Gasteiger partial charge is 0.284 e. The van der Waals surface area contributed by atoms with Gasteiger partial charge in [-0.05, 0) is 46.5 Å². The molecule has 1 atom stereocenters. The Morgan fingerprint density at radius 1 is 1.04 bits per heavy atom. The third-order valence-corrected chi connectivity index (χ3v) is 4.35. The van der Waals surface area contributed by atoms with Gasteiger partial charge in [-0.15, -0.1) is 9.79 Å². The summed E-state index contributed by atoms with van der Waals surface area (Å²) in [4.78, 5) is 15.4. The van der Waals surface area contributed by atoms with Crippen molar-refractivity contribution >= 4 is 8.25 Å². The van der Waals surface area contributed by atoms with Gasteiger partial charge in [-0.25, -0.2) is 0 Å². The number of piperidine rings is 1. The van der Waals surface area contributed by atoms with Crippen molar-refractivity contribution in [3.05, 3.63) is 0 Å². The van der Waals surface area contributed by atoms with Crippen LogP contribution >= 0.6 is 8.25 Å². The van der Waals surface area contributed by atoms with Crippen molar-refractivity contribution in [2.24, 2.45) is 5.92 Å². The van der Waals surface area contributed by atoms with Crippen LogP contribution in [0.4, 0.5) is 26.3 Å². The van der Waals surface area contributed by atoms with Crippen molar-refractivity contribution in [2.75, 3.05) is 6.54 Å². The van der Waals surface area contributed by atoms with Crippen LogP contribution in [0.15, 0.2) is 0 Å². The summed E-state index contributed by atoms with van der Waals surface area (Å²) >= 11 is 0. The first-order valence-corrected chi connectivity index (χ1v) is 8.31. The summed E-state index contributed by atoms with van der Waals surface area (Å²) in [6.07, 6.45) is -9.20. The van der Waals surface area contributed by atoms with Crippen LogP contribution in [0.25, 0.3) is 0 Å². The maximum atomic E-state index is 12.7. The molecule has 4 nitrogen and oxygen atoms in total. The second-order valence-electron chi connectivity index (χ2n) is 6.98. The van der Waals surface area contributed by atoms with E-state index in [-0.39, 0.29) is 6.42 Å². The summed E-state index contributed by atoms with van der Waals surface area (Å²) in [5, 5.41) is 0. The molecule has 1 aliphatic heterocycles. The highest BCUT2D eigenvalue weighted by Gasteiger charge is 2.52. The van der Waals surface area contributed by atoms with E-state index >= 15 is 0 Å². The molecule has 144 valence electrons.